The monoisotopic (exact) mass is 799 g/mol. The van der Waals surface area contributed by atoms with Crippen molar-refractivity contribution in [3.05, 3.63) is 158 Å². The molecule has 6 aromatic carbocycles. The van der Waals surface area contributed by atoms with Crippen molar-refractivity contribution in [2.45, 2.75) is 0 Å². The number of nitrogens with zero attached hydrogens (tertiary/aromatic N) is 3. The minimum Gasteiger partial charge on any atom is -0.507 e. The summed E-state index contributed by atoms with van der Waals surface area (Å²) in [7, 11) is 0. The van der Waals surface area contributed by atoms with E-state index >= 15 is 0 Å². The van der Waals surface area contributed by atoms with Crippen molar-refractivity contribution in [1.82, 2.24) is 14.5 Å². The van der Waals surface area contributed by atoms with E-state index in [1.54, 1.807) is 12.3 Å². The van der Waals surface area contributed by atoms with E-state index in [4.69, 9.17) is 9.40 Å². The number of phenols is 1. The van der Waals surface area contributed by atoms with Crippen LogP contribution in [0.2, 0.25) is 0 Å². The van der Waals surface area contributed by atoms with Crippen LogP contribution in [0.1, 0.15) is 0 Å². The second kappa shape index (κ2) is 12.1. The molecule has 0 aliphatic carbocycles. The fourth-order valence-corrected chi connectivity index (χ4v) is 6.49. The summed E-state index contributed by atoms with van der Waals surface area (Å²) in [6.07, 6.45) is 1.80. The van der Waals surface area contributed by atoms with E-state index in [9.17, 15) is 5.11 Å². The molecule has 3 heterocycles. The number of aromatic nitrogens is 3. The van der Waals surface area contributed by atoms with Crippen molar-refractivity contribution >= 4 is 33.0 Å². The maximum Gasteiger partial charge on any atom is 0.152 e. The molecule has 0 bridgehead atoms. The van der Waals surface area contributed by atoms with Gasteiger partial charge in [0.15, 0.2) is 5.82 Å². The first-order valence-corrected chi connectivity index (χ1v) is 15.5. The Kier molecular flexibility index (Phi) is 7.47. The van der Waals surface area contributed by atoms with Crippen LogP contribution in [0.3, 0.4) is 0 Å². The molecule has 0 aliphatic rings. The molecule has 9 aromatic rings. The molecule has 0 aliphatic heterocycles. The van der Waals surface area contributed by atoms with E-state index in [0.717, 1.165) is 66.6 Å². The van der Waals surface area contributed by atoms with Crippen LogP contribution in [0.4, 0.5) is 0 Å². The summed E-state index contributed by atoms with van der Waals surface area (Å²) < 4.78 is 8.52. The average molecular weight is 800 g/mol. The van der Waals surface area contributed by atoms with Gasteiger partial charge in [-0.2, -0.15) is 0 Å². The van der Waals surface area contributed by atoms with E-state index in [0.29, 0.717) is 17.0 Å². The summed E-state index contributed by atoms with van der Waals surface area (Å²) >= 11 is 0. The van der Waals surface area contributed by atoms with Crippen molar-refractivity contribution in [3.63, 3.8) is 0 Å². The minimum absolute atomic E-state index is 0. The van der Waals surface area contributed by atoms with Crippen LogP contribution in [0.5, 0.6) is 5.75 Å². The van der Waals surface area contributed by atoms with E-state index < -0.39 is 0 Å². The minimum atomic E-state index is 0. The SMILES string of the molecule is Oc1ccc2c(oc3ccccc32)c1-c1nc2c(-c3[c-]c(-c4ccccn4)cc(-c4ccccc4)c3)cccc2n1-c1ccccc1.[Pt]. The first kappa shape index (κ1) is 29.6. The Balaban J connectivity index is 0.00000336. The molecule has 3 aromatic heterocycles. The second-order valence-electron chi connectivity index (χ2n) is 11.5. The Bertz CT molecular complexity index is 2520. The zero-order valence-electron chi connectivity index (χ0n) is 25.4. The molecule has 0 radical (unpaired) electrons. The van der Waals surface area contributed by atoms with Crippen LogP contribution in [-0.4, -0.2) is 19.6 Å². The predicted octanol–water partition coefficient (Wildman–Crippen LogP) is 10.5. The Morgan fingerprint density at radius 1 is 0.646 bits per heavy atom. The molecule has 0 atom stereocenters. The number of benzene rings is 6. The molecular formula is C42H26N3O2Pt-. The number of para-hydroxylation sites is 3. The molecule has 0 saturated carbocycles. The van der Waals surface area contributed by atoms with Gasteiger partial charge in [0.05, 0.1) is 11.0 Å². The number of fused-ring (bicyclic) bond motifs is 4. The summed E-state index contributed by atoms with van der Waals surface area (Å²) in [4.78, 5) is 9.97. The van der Waals surface area contributed by atoms with E-state index in [-0.39, 0.29) is 26.8 Å². The topological polar surface area (TPSA) is 64.1 Å². The maximum atomic E-state index is 11.5. The van der Waals surface area contributed by atoms with Crippen molar-refractivity contribution in [1.29, 1.82) is 0 Å². The summed E-state index contributed by atoms with van der Waals surface area (Å²) in [6.45, 7) is 0. The van der Waals surface area contributed by atoms with Gasteiger partial charge in [0.2, 0.25) is 0 Å². The number of hydrogen-bond donors (Lipinski definition) is 1. The maximum absolute atomic E-state index is 11.5. The Morgan fingerprint density at radius 2 is 1.40 bits per heavy atom. The van der Waals surface area contributed by atoms with Crippen LogP contribution < -0.4 is 0 Å². The van der Waals surface area contributed by atoms with E-state index in [2.05, 4.69) is 64.1 Å². The summed E-state index contributed by atoms with van der Waals surface area (Å²) in [5.41, 5.74) is 10.2. The standard InChI is InChI=1S/C42H26N3O2.Pt/c46-37-22-21-34-33-16-7-8-20-38(33)47-41(34)39(37)42-44-40-32(17-11-19-36(40)45(42)31-14-5-2-6-15-31)29-24-28(27-12-3-1-4-13-27)25-30(26-29)35-18-9-10-23-43-35;/h1-25,46H;/q-1;. The number of furan rings is 1. The second-order valence-corrected chi connectivity index (χ2v) is 11.5. The first-order chi connectivity index (χ1) is 23.2. The van der Waals surface area contributed by atoms with Gasteiger partial charge in [-0.05, 0) is 48.0 Å². The van der Waals surface area contributed by atoms with Gasteiger partial charge in [0.1, 0.15) is 22.5 Å². The van der Waals surface area contributed by atoms with Crippen LogP contribution in [0.15, 0.2) is 156 Å². The molecular weight excluding hydrogens is 774 g/mol. The van der Waals surface area contributed by atoms with Crippen LogP contribution in [0.25, 0.3) is 83.6 Å². The number of phenolic OH excluding ortho intramolecular Hbond substituents is 1. The average Bonchev–Trinajstić information content (AvgIpc) is 3.71. The molecule has 232 valence electrons. The van der Waals surface area contributed by atoms with Gasteiger partial charge in [0, 0.05) is 49.4 Å². The third-order valence-corrected chi connectivity index (χ3v) is 8.66. The van der Waals surface area contributed by atoms with E-state index in [1.807, 2.05) is 91.0 Å². The fraction of sp³-hybridized carbons (Fsp3) is 0. The molecule has 6 heteroatoms. The van der Waals surface area contributed by atoms with Gasteiger partial charge in [-0.3, -0.25) is 9.55 Å². The molecule has 1 N–H and O–H groups in total. The van der Waals surface area contributed by atoms with Gasteiger partial charge >= 0.3 is 0 Å². The molecule has 48 heavy (non-hydrogen) atoms. The molecule has 0 unspecified atom stereocenters. The third kappa shape index (κ3) is 4.92. The van der Waals surface area contributed by atoms with Crippen molar-refractivity contribution in [2.75, 3.05) is 0 Å². The Hall–Kier alpha value is -5.77. The smallest absolute Gasteiger partial charge is 0.152 e. The number of hydrogen-bond acceptors (Lipinski definition) is 4. The summed E-state index contributed by atoms with van der Waals surface area (Å²) in [5.74, 6) is 0.686. The zero-order chi connectivity index (χ0) is 31.3. The molecule has 0 saturated heterocycles. The van der Waals surface area contributed by atoms with Gasteiger partial charge in [0.25, 0.3) is 0 Å². The Labute approximate surface area is 291 Å². The summed E-state index contributed by atoms with van der Waals surface area (Å²) in [6, 6.07) is 52.1. The molecule has 0 fully saturated rings. The number of rotatable bonds is 5. The number of pyridine rings is 1. The van der Waals surface area contributed by atoms with Gasteiger partial charge in [-0.25, -0.2) is 4.98 Å². The van der Waals surface area contributed by atoms with Crippen molar-refractivity contribution in [3.8, 4) is 56.3 Å². The zero-order valence-corrected chi connectivity index (χ0v) is 27.7. The fourth-order valence-electron chi connectivity index (χ4n) is 6.49. The Morgan fingerprint density at radius 3 is 2.21 bits per heavy atom. The van der Waals surface area contributed by atoms with Gasteiger partial charge in [-0.1, -0.05) is 108 Å². The van der Waals surface area contributed by atoms with E-state index in [1.165, 1.54) is 0 Å². The predicted molar refractivity (Wildman–Crippen MR) is 188 cm³/mol. The van der Waals surface area contributed by atoms with Crippen LogP contribution in [-0.2, 0) is 21.1 Å². The van der Waals surface area contributed by atoms with Crippen LogP contribution in [0, 0.1) is 6.07 Å². The molecule has 0 amide bonds. The molecule has 9 rings (SSSR count). The molecule has 0 spiro atoms. The number of imidazole rings is 1. The number of aromatic hydroxyl groups is 1. The third-order valence-electron chi connectivity index (χ3n) is 8.66. The van der Waals surface area contributed by atoms with Gasteiger partial charge in [-0.15, -0.1) is 23.8 Å². The van der Waals surface area contributed by atoms with Gasteiger partial charge < -0.3 is 9.52 Å². The van der Waals surface area contributed by atoms with Crippen molar-refractivity contribution in [2.24, 2.45) is 0 Å². The normalized spacial score (nSPS) is 11.2. The molecule has 5 nitrogen and oxygen atoms in total. The quantitative estimate of drug-likeness (QED) is 0.176. The van der Waals surface area contributed by atoms with Crippen molar-refractivity contribution < 1.29 is 30.6 Å². The largest absolute Gasteiger partial charge is 0.507 e. The summed E-state index contributed by atoms with van der Waals surface area (Å²) in [5, 5.41) is 13.4. The van der Waals surface area contributed by atoms with Crippen LogP contribution >= 0.6 is 0 Å². The first-order valence-electron chi connectivity index (χ1n) is 15.5.